The Labute approximate surface area is 104 Å². The average Bonchev–Trinajstić information content (AvgIpc) is 2.71. The number of morpholine rings is 1. The number of hydrogen-bond donors (Lipinski definition) is 3. The summed E-state index contributed by atoms with van der Waals surface area (Å²) in [6.45, 7) is 3.77. The number of nitrogens with zero attached hydrogens (tertiary/aromatic N) is 1. The number of nitrogens with one attached hydrogen (secondary N) is 2. The SMILES string of the molecule is Cc1cc(NC(=O)N2CCOCC2)c(C(=O)O)[nH]1. The number of aryl methyl sites for hydroxylation is 1. The number of aromatic nitrogens is 1. The molecule has 1 aromatic heterocycles. The van der Waals surface area contributed by atoms with Crippen LogP contribution in [0.2, 0.25) is 0 Å². The summed E-state index contributed by atoms with van der Waals surface area (Å²) in [6.07, 6.45) is 0. The van der Waals surface area contributed by atoms with Crippen molar-refractivity contribution in [1.29, 1.82) is 0 Å². The molecule has 7 nitrogen and oxygen atoms in total. The second-order valence-electron chi connectivity index (χ2n) is 4.08. The monoisotopic (exact) mass is 253 g/mol. The molecule has 0 bridgehead atoms. The Kier molecular flexibility index (Phi) is 3.52. The minimum Gasteiger partial charge on any atom is -0.477 e. The second kappa shape index (κ2) is 5.09. The molecule has 0 radical (unpaired) electrons. The van der Waals surface area contributed by atoms with Crippen molar-refractivity contribution in [3.63, 3.8) is 0 Å². The Hall–Kier alpha value is -2.02. The van der Waals surface area contributed by atoms with E-state index in [9.17, 15) is 9.59 Å². The quantitative estimate of drug-likeness (QED) is 0.729. The first kappa shape index (κ1) is 12.4. The number of anilines is 1. The molecule has 7 heteroatoms. The van der Waals surface area contributed by atoms with Crippen molar-refractivity contribution in [3.05, 3.63) is 17.5 Å². The number of carboxylic acid groups (broad SMARTS) is 1. The van der Waals surface area contributed by atoms with E-state index in [0.29, 0.717) is 32.0 Å². The normalized spacial score (nSPS) is 15.5. The lowest BCUT2D eigenvalue weighted by atomic mass is 10.3. The Bertz CT molecular complexity index is 463. The Balaban J connectivity index is 2.08. The first-order valence-corrected chi connectivity index (χ1v) is 5.64. The van der Waals surface area contributed by atoms with Gasteiger partial charge in [-0.2, -0.15) is 0 Å². The first-order chi connectivity index (χ1) is 8.58. The van der Waals surface area contributed by atoms with Crippen LogP contribution in [-0.4, -0.2) is 53.3 Å². The van der Waals surface area contributed by atoms with Gasteiger partial charge < -0.3 is 25.0 Å². The van der Waals surface area contributed by atoms with E-state index in [1.165, 1.54) is 0 Å². The molecule has 0 atom stereocenters. The molecule has 3 N–H and O–H groups in total. The van der Waals surface area contributed by atoms with Crippen LogP contribution in [0.25, 0.3) is 0 Å². The number of aromatic carboxylic acids is 1. The predicted octanol–water partition coefficient (Wildman–Crippen LogP) is 0.885. The highest BCUT2D eigenvalue weighted by Gasteiger charge is 2.20. The largest absolute Gasteiger partial charge is 0.477 e. The van der Waals surface area contributed by atoms with E-state index >= 15 is 0 Å². The number of carbonyl (C=O) groups excluding carboxylic acids is 1. The number of carboxylic acids is 1. The summed E-state index contributed by atoms with van der Waals surface area (Å²) in [4.78, 5) is 27.2. The Morgan fingerprint density at radius 3 is 2.72 bits per heavy atom. The Morgan fingerprint density at radius 1 is 1.44 bits per heavy atom. The van der Waals surface area contributed by atoms with E-state index in [-0.39, 0.29) is 17.4 Å². The lowest BCUT2D eigenvalue weighted by Gasteiger charge is -2.26. The molecule has 98 valence electrons. The van der Waals surface area contributed by atoms with Gasteiger partial charge in [0, 0.05) is 18.8 Å². The number of rotatable bonds is 2. The van der Waals surface area contributed by atoms with Crippen LogP contribution in [0.3, 0.4) is 0 Å². The maximum Gasteiger partial charge on any atom is 0.354 e. The molecular formula is C11H15N3O4. The minimum absolute atomic E-state index is 0.00545. The summed E-state index contributed by atoms with van der Waals surface area (Å²) in [5.74, 6) is -1.10. The van der Waals surface area contributed by atoms with Gasteiger partial charge in [0.25, 0.3) is 0 Å². The van der Waals surface area contributed by atoms with Crippen molar-refractivity contribution in [1.82, 2.24) is 9.88 Å². The highest BCUT2D eigenvalue weighted by molar-refractivity contribution is 5.99. The number of ether oxygens (including phenoxy) is 1. The number of amides is 2. The van der Waals surface area contributed by atoms with Gasteiger partial charge in [0.2, 0.25) is 0 Å². The van der Waals surface area contributed by atoms with Gasteiger partial charge in [0.05, 0.1) is 18.9 Å². The summed E-state index contributed by atoms with van der Waals surface area (Å²) in [5, 5.41) is 11.6. The van der Waals surface area contributed by atoms with Crippen molar-refractivity contribution in [3.8, 4) is 0 Å². The van der Waals surface area contributed by atoms with Crippen LogP contribution >= 0.6 is 0 Å². The van der Waals surface area contributed by atoms with Gasteiger partial charge in [-0.25, -0.2) is 9.59 Å². The number of hydrogen-bond acceptors (Lipinski definition) is 3. The van der Waals surface area contributed by atoms with Crippen molar-refractivity contribution in [2.45, 2.75) is 6.92 Å². The van der Waals surface area contributed by atoms with Crippen LogP contribution in [0.5, 0.6) is 0 Å². The highest BCUT2D eigenvalue weighted by Crippen LogP contribution is 2.17. The molecule has 2 amide bonds. The maximum atomic E-state index is 11.9. The topological polar surface area (TPSA) is 94.7 Å². The molecule has 1 saturated heterocycles. The standard InChI is InChI=1S/C11H15N3O4/c1-7-6-8(9(12-7)10(15)16)13-11(17)14-2-4-18-5-3-14/h6,12H,2-5H2,1H3,(H,13,17)(H,15,16). The van der Waals surface area contributed by atoms with E-state index < -0.39 is 5.97 Å². The third kappa shape index (κ3) is 2.62. The maximum absolute atomic E-state index is 11.9. The molecule has 0 aromatic carbocycles. The lowest BCUT2D eigenvalue weighted by molar-refractivity contribution is 0.0564. The zero-order chi connectivity index (χ0) is 13.1. The van der Waals surface area contributed by atoms with Gasteiger partial charge in [-0.05, 0) is 13.0 Å². The van der Waals surface area contributed by atoms with Crippen molar-refractivity contribution >= 4 is 17.7 Å². The third-order valence-electron chi connectivity index (χ3n) is 2.71. The molecule has 0 aliphatic carbocycles. The summed E-state index contributed by atoms with van der Waals surface area (Å²) in [7, 11) is 0. The van der Waals surface area contributed by atoms with Crippen molar-refractivity contribution < 1.29 is 19.4 Å². The number of aromatic amines is 1. The molecule has 1 aromatic rings. The van der Waals surface area contributed by atoms with Gasteiger partial charge >= 0.3 is 12.0 Å². The van der Waals surface area contributed by atoms with E-state index in [4.69, 9.17) is 9.84 Å². The fraction of sp³-hybridized carbons (Fsp3) is 0.455. The van der Waals surface area contributed by atoms with Gasteiger partial charge in [-0.3, -0.25) is 0 Å². The van der Waals surface area contributed by atoms with Crippen LogP contribution in [0.15, 0.2) is 6.07 Å². The van der Waals surface area contributed by atoms with Gasteiger partial charge in [-0.1, -0.05) is 0 Å². The summed E-state index contributed by atoms with van der Waals surface area (Å²) in [6, 6.07) is 1.29. The zero-order valence-electron chi connectivity index (χ0n) is 10.0. The van der Waals surface area contributed by atoms with Crippen molar-refractivity contribution in [2.24, 2.45) is 0 Å². The van der Waals surface area contributed by atoms with Gasteiger partial charge in [-0.15, -0.1) is 0 Å². The summed E-state index contributed by atoms with van der Waals surface area (Å²) in [5.41, 5.74) is 0.968. The minimum atomic E-state index is -1.10. The van der Waals surface area contributed by atoms with E-state index in [1.54, 1.807) is 17.9 Å². The average molecular weight is 253 g/mol. The number of urea groups is 1. The van der Waals surface area contributed by atoms with Crippen molar-refractivity contribution in [2.75, 3.05) is 31.6 Å². The Morgan fingerprint density at radius 2 is 2.11 bits per heavy atom. The van der Waals surface area contributed by atoms with Crippen LogP contribution in [0.4, 0.5) is 10.5 Å². The van der Waals surface area contributed by atoms with Crippen LogP contribution in [0, 0.1) is 6.92 Å². The highest BCUT2D eigenvalue weighted by atomic mass is 16.5. The number of H-pyrrole nitrogens is 1. The molecule has 2 heterocycles. The smallest absolute Gasteiger partial charge is 0.354 e. The van der Waals surface area contributed by atoms with Crippen LogP contribution in [0.1, 0.15) is 16.2 Å². The van der Waals surface area contributed by atoms with E-state index in [2.05, 4.69) is 10.3 Å². The zero-order valence-corrected chi connectivity index (χ0v) is 10.0. The molecule has 0 spiro atoms. The third-order valence-corrected chi connectivity index (χ3v) is 2.71. The predicted molar refractivity (Wildman–Crippen MR) is 63.9 cm³/mol. The molecule has 0 unspecified atom stereocenters. The van der Waals surface area contributed by atoms with E-state index in [1.807, 2.05) is 0 Å². The molecule has 1 fully saturated rings. The van der Waals surface area contributed by atoms with Crippen LogP contribution < -0.4 is 5.32 Å². The number of carbonyl (C=O) groups is 2. The molecule has 1 aliphatic rings. The van der Waals surface area contributed by atoms with Gasteiger partial charge in [0.15, 0.2) is 0 Å². The second-order valence-corrected chi connectivity index (χ2v) is 4.08. The van der Waals surface area contributed by atoms with Crippen LogP contribution in [-0.2, 0) is 4.74 Å². The molecule has 18 heavy (non-hydrogen) atoms. The molecule has 2 rings (SSSR count). The summed E-state index contributed by atoms with van der Waals surface area (Å²) < 4.78 is 5.14. The fourth-order valence-corrected chi connectivity index (χ4v) is 1.82. The van der Waals surface area contributed by atoms with Gasteiger partial charge in [0.1, 0.15) is 5.69 Å². The molecule has 0 saturated carbocycles. The van der Waals surface area contributed by atoms with E-state index in [0.717, 1.165) is 0 Å². The fourth-order valence-electron chi connectivity index (χ4n) is 1.82. The molecule has 1 aliphatic heterocycles. The summed E-state index contributed by atoms with van der Waals surface area (Å²) >= 11 is 0. The molecular weight excluding hydrogens is 238 g/mol. The lowest BCUT2D eigenvalue weighted by Crippen LogP contribution is -2.43. The first-order valence-electron chi connectivity index (χ1n) is 5.64.